The minimum atomic E-state index is -0.624. The SMILES string of the molecule is Cc1ccc(-c2nnc3n2C2C(C(=O)NC(=O)N2C)N3Cc2cccc(Cl)c2)cc1. The van der Waals surface area contributed by atoms with Gasteiger partial charge in [0.1, 0.15) is 6.17 Å². The van der Waals surface area contributed by atoms with Crippen LogP contribution in [-0.4, -0.2) is 44.7 Å². The number of benzene rings is 2. The lowest BCUT2D eigenvalue weighted by Gasteiger charge is -2.37. The third-order valence-electron chi connectivity index (χ3n) is 5.59. The van der Waals surface area contributed by atoms with Crippen molar-refractivity contribution < 1.29 is 9.59 Å². The van der Waals surface area contributed by atoms with Crippen molar-refractivity contribution in [1.82, 2.24) is 25.0 Å². The van der Waals surface area contributed by atoms with Crippen molar-refractivity contribution in [2.45, 2.75) is 25.7 Å². The summed E-state index contributed by atoms with van der Waals surface area (Å²) >= 11 is 6.15. The molecule has 3 amide bonds. The van der Waals surface area contributed by atoms with Gasteiger partial charge in [-0.15, -0.1) is 10.2 Å². The molecule has 9 heteroatoms. The van der Waals surface area contributed by atoms with Crippen LogP contribution < -0.4 is 10.2 Å². The van der Waals surface area contributed by atoms with E-state index in [-0.39, 0.29) is 5.91 Å². The van der Waals surface area contributed by atoms with Crippen LogP contribution in [0.15, 0.2) is 48.5 Å². The number of hydrogen-bond acceptors (Lipinski definition) is 5. The summed E-state index contributed by atoms with van der Waals surface area (Å²) in [5.74, 6) is 0.797. The van der Waals surface area contributed by atoms with Gasteiger partial charge in [0.05, 0.1) is 0 Å². The number of nitrogens with zero attached hydrogens (tertiary/aromatic N) is 5. The van der Waals surface area contributed by atoms with Crippen LogP contribution in [0.1, 0.15) is 17.3 Å². The van der Waals surface area contributed by atoms with Gasteiger partial charge in [0.2, 0.25) is 5.95 Å². The van der Waals surface area contributed by atoms with Crippen molar-refractivity contribution in [3.05, 3.63) is 64.7 Å². The Kier molecular flexibility index (Phi) is 4.25. The van der Waals surface area contributed by atoms with Crippen LogP contribution in [0.4, 0.5) is 10.7 Å². The Labute approximate surface area is 178 Å². The molecule has 1 saturated heterocycles. The Hall–Kier alpha value is -3.39. The number of halogens is 1. The normalized spacial score (nSPS) is 20.2. The van der Waals surface area contributed by atoms with E-state index in [4.69, 9.17) is 11.6 Å². The predicted molar refractivity (Wildman–Crippen MR) is 112 cm³/mol. The molecule has 8 nitrogen and oxygen atoms in total. The number of amides is 3. The van der Waals surface area contributed by atoms with Crippen molar-refractivity contribution in [2.75, 3.05) is 11.9 Å². The van der Waals surface area contributed by atoms with Crippen molar-refractivity contribution in [3.8, 4) is 11.4 Å². The fourth-order valence-corrected chi connectivity index (χ4v) is 4.31. The van der Waals surface area contributed by atoms with Crippen molar-refractivity contribution in [1.29, 1.82) is 0 Å². The van der Waals surface area contributed by atoms with Crippen LogP contribution in [0.25, 0.3) is 11.4 Å². The number of anilines is 1. The second-order valence-electron chi connectivity index (χ2n) is 7.58. The number of aromatic nitrogens is 3. The van der Waals surface area contributed by atoms with E-state index in [9.17, 15) is 9.59 Å². The molecule has 0 spiro atoms. The van der Waals surface area contributed by atoms with Crippen LogP contribution in [-0.2, 0) is 11.3 Å². The third-order valence-corrected chi connectivity index (χ3v) is 5.82. The molecule has 0 saturated carbocycles. The van der Waals surface area contributed by atoms with Gasteiger partial charge in [-0.05, 0) is 24.6 Å². The van der Waals surface area contributed by atoms with E-state index in [0.717, 1.165) is 16.7 Å². The van der Waals surface area contributed by atoms with Gasteiger partial charge < -0.3 is 9.80 Å². The third kappa shape index (κ3) is 2.83. The molecule has 152 valence electrons. The highest BCUT2D eigenvalue weighted by Gasteiger charge is 2.52. The van der Waals surface area contributed by atoms with Crippen LogP contribution in [0.2, 0.25) is 5.02 Å². The minimum Gasteiger partial charge on any atom is -0.321 e. The Morgan fingerprint density at radius 2 is 1.87 bits per heavy atom. The second-order valence-corrected chi connectivity index (χ2v) is 8.02. The summed E-state index contributed by atoms with van der Waals surface area (Å²) < 4.78 is 1.87. The van der Waals surface area contributed by atoms with Gasteiger partial charge in [0.25, 0.3) is 5.91 Å². The highest BCUT2D eigenvalue weighted by Crippen LogP contribution is 2.41. The molecule has 1 fully saturated rings. The summed E-state index contributed by atoms with van der Waals surface area (Å²) in [5, 5.41) is 11.9. The molecule has 2 unspecified atom stereocenters. The zero-order valence-electron chi connectivity index (χ0n) is 16.4. The lowest BCUT2D eigenvalue weighted by Crippen LogP contribution is -2.61. The summed E-state index contributed by atoms with van der Waals surface area (Å²) in [6.45, 7) is 2.42. The second kappa shape index (κ2) is 6.84. The molecule has 30 heavy (non-hydrogen) atoms. The molecule has 5 rings (SSSR count). The Morgan fingerprint density at radius 3 is 2.60 bits per heavy atom. The fourth-order valence-electron chi connectivity index (χ4n) is 4.10. The topological polar surface area (TPSA) is 83.4 Å². The molecule has 1 aromatic heterocycles. The Morgan fingerprint density at radius 1 is 1.10 bits per heavy atom. The van der Waals surface area contributed by atoms with Crippen molar-refractivity contribution in [2.24, 2.45) is 0 Å². The number of urea groups is 1. The van der Waals surface area contributed by atoms with Crippen molar-refractivity contribution >= 4 is 29.5 Å². The summed E-state index contributed by atoms with van der Waals surface area (Å²) in [6.07, 6.45) is -0.549. The standard InChI is InChI=1S/C21H19ClN6O2/c1-12-6-8-14(9-7-12)17-24-25-20-27(11-13-4-3-5-15(22)10-13)16-18(29)23-21(30)26(2)19(16)28(17)20/h3-10,16,19H,11H2,1-2H3,(H,23,29,30). The molecular weight excluding hydrogens is 404 g/mol. The Balaban J connectivity index is 1.64. The van der Waals surface area contributed by atoms with Crippen LogP contribution in [0.5, 0.6) is 0 Å². The van der Waals surface area contributed by atoms with E-state index < -0.39 is 18.2 Å². The van der Waals surface area contributed by atoms with E-state index in [2.05, 4.69) is 15.5 Å². The van der Waals surface area contributed by atoms with Gasteiger partial charge in [-0.3, -0.25) is 14.7 Å². The predicted octanol–water partition coefficient (Wildman–Crippen LogP) is 2.98. The molecule has 0 bridgehead atoms. The molecule has 3 heterocycles. The van der Waals surface area contributed by atoms with Crippen LogP contribution in [0, 0.1) is 6.92 Å². The van der Waals surface area contributed by atoms with Gasteiger partial charge in [0.15, 0.2) is 11.9 Å². The number of carbonyl (C=O) groups excluding carboxylic acids is 2. The maximum absolute atomic E-state index is 12.9. The molecular formula is C21H19ClN6O2. The number of carbonyl (C=O) groups is 2. The molecule has 2 aliphatic heterocycles. The average Bonchev–Trinajstić information content (AvgIpc) is 3.26. The zero-order chi connectivity index (χ0) is 21.0. The van der Waals surface area contributed by atoms with Gasteiger partial charge in [-0.25, -0.2) is 4.79 Å². The number of hydrogen-bond donors (Lipinski definition) is 1. The monoisotopic (exact) mass is 422 g/mol. The van der Waals surface area contributed by atoms with Crippen LogP contribution in [0.3, 0.4) is 0 Å². The summed E-state index contributed by atoms with van der Waals surface area (Å²) in [5.41, 5.74) is 2.93. The van der Waals surface area contributed by atoms with E-state index in [1.807, 2.05) is 58.9 Å². The van der Waals surface area contributed by atoms with E-state index in [1.54, 1.807) is 13.1 Å². The van der Waals surface area contributed by atoms with E-state index in [1.165, 1.54) is 4.90 Å². The van der Waals surface area contributed by atoms with Gasteiger partial charge in [-0.1, -0.05) is 53.6 Å². The first-order valence-corrected chi connectivity index (χ1v) is 9.92. The first kappa shape index (κ1) is 18.6. The van der Waals surface area contributed by atoms with E-state index >= 15 is 0 Å². The number of rotatable bonds is 3. The first-order valence-electron chi connectivity index (χ1n) is 9.55. The smallest absolute Gasteiger partial charge is 0.321 e. The van der Waals surface area contributed by atoms with Crippen LogP contribution >= 0.6 is 11.6 Å². The van der Waals surface area contributed by atoms with E-state index in [0.29, 0.717) is 23.3 Å². The van der Waals surface area contributed by atoms with Crippen molar-refractivity contribution in [3.63, 3.8) is 0 Å². The molecule has 2 aromatic carbocycles. The lowest BCUT2D eigenvalue weighted by molar-refractivity contribution is -0.124. The molecule has 2 aliphatic rings. The van der Waals surface area contributed by atoms with Gasteiger partial charge in [-0.2, -0.15) is 0 Å². The van der Waals surface area contributed by atoms with Gasteiger partial charge >= 0.3 is 6.03 Å². The quantitative estimate of drug-likeness (QED) is 0.701. The maximum Gasteiger partial charge on any atom is 0.325 e. The fraction of sp³-hybridized carbons (Fsp3) is 0.238. The summed E-state index contributed by atoms with van der Waals surface area (Å²) in [6, 6.07) is 14.3. The summed E-state index contributed by atoms with van der Waals surface area (Å²) in [7, 11) is 1.67. The molecule has 0 aliphatic carbocycles. The summed E-state index contributed by atoms with van der Waals surface area (Å²) in [4.78, 5) is 28.7. The zero-order valence-corrected chi connectivity index (χ0v) is 17.2. The molecule has 1 N–H and O–H groups in total. The highest BCUT2D eigenvalue weighted by molar-refractivity contribution is 6.30. The molecule has 3 aromatic rings. The maximum atomic E-state index is 12.9. The number of likely N-dealkylation sites (N-methyl/N-ethyl adjacent to an activating group) is 1. The minimum absolute atomic E-state index is 0.356. The molecule has 0 radical (unpaired) electrons. The number of fused-ring (bicyclic) bond motifs is 3. The lowest BCUT2D eigenvalue weighted by atomic mass is 10.1. The molecule has 2 atom stereocenters. The number of nitrogens with one attached hydrogen (secondary N) is 1. The largest absolute Gasteiger partial charge is 0.325 e. The number of imide groups is 1. The average molecular weight is 423 g/mol. The van der Waals surface area contributed by atoms with Gasteiger partial charge in [0, 0.05) is 24.2 Å². The highest BCUT2D eigenvalue weighted by atomic mass is 35.5. The number of aryl methyl sites for hydroxylation is 1. The first-order chi connectivity index (χ1) is 14.4. The Bertz CT molecular complexity index is 1160.